The summed E-state index contributed by atoms with van der Waals surface area (Å²) in [5.41, 5.74) is -1.52. The lowest BCUT2D eigenvalue weighted by Gasteiger charge is -2.41. The third-order valence-corrected chi connectivity index (χ3v) is 5.68. The highest BCUT2D eigenvalue weighted by Gasteiger charge is 2.51. The summed E-state index contributed by atoms with van der Waals surface area (Å²) in [7, 11) is 2.48. The van der Waals surface area contributed by atoms with Gasteiger partial charge in [0.05, 0.1) is 11.3 Å². The van der Waals surface area contributed by atoms with E-state index in [0.29, 0.717) is 31.2 Å². The number of nitrogens with one attached hydrogen (secondary N) is 1. The van der Waals surface area contributed by atoms with Crippen molar-refractivity contribution >= 4 is 23.2 Å². The Morgan fingerprint density at radius 2 is 1.79 bits per heavy atom. The first-order chi connectivity index (χ1) is 16.1. The van der Waals surface area contributed by atoms with E-state index in [4.69, 9.17) is 4.84 Å². The molecule has 11 nitrogen and oxygen atoms in total. The number of para-hydroxylation sites is 1. The van der Waals surface area contributed by atoms with Gasteiger partial charge >= 0.3 is 17.8 Å². The molecular formula is C20H20F3N7O4. The topological polar surface area (TPSA) is 116 Å². The summed E-state index contributed by atoms with van der Waals surface area (Å²) in [5.74, 6) is -2.84. The molecule has 0 saturated carbocycles. The van der Waals surface area contributed by atoms with E-state index in [9.17, 15) is 32.8 Å². The highest BCUT2D eigenvalue weighted by atomic mass is 19.4. The SMILES string of the molecule is Cn1c2c(c(=O)n(C)c1=O)N(c1ccccc1C#N)C(N1CCNCC1)N2OC(=O)C(F)(F)F. The quantitative estimate of drug-likeness (QED) is 0.656. The van der Waals surface area contributed by atoms with Gasteiger partial charge in [0.25, 0.3) is 5.56 Å². The van der Waals surface area contributed by atoms with Gasteiger partial charge in [0.1, 0.15) is 6.07 Å². The molecule has 1 saturated heterocycles. The molecule has 1 atom stereocenters. The third kappa shape index (κ3) is 3.68. The maximum atomic E-state index is 13.3. The molecule has 0 bridgehead atoms. The predicted molar refractivity (Wildman–Crippen MR) is 113 cm³/mol. The summed E-state index contributed by atoms with van der Waals surface area (Å²) in [6, 6.07) is 8.22. The number of piperazine rings is 1. The largest absolute Gasteiger partial charge is 0.493 e. The number of alkyl halides is 3. The number of nitrogens with zero attached hydrogens (tertiary/aromatic N) is 6. The van der Waals surface area contributed by atoms with Crippen molar-refractivity contribution in [2.24, 2.45) is 14.1 Å². The second-order valence-corrected chi connectivity index (χ2v) is 7.71. The summed E-state index contributed by atoms with van der Waals surface area (Å²) in [5, 5.41) is 13.4. The Kier molecular flexibility index (Phi) is 5.84. The molecule has 2 aliphatic heterocycles. The third-order valence-electron chi connectivity index (χ3n) is 5.68. The second-order valence-electron chi connectivity index (χ2n) is 7.71. The molecule has 0 radical (unpaired) electrons. The number of carbonyl (C=O) groups excluding carboxylic acids is 1. The van der Waals surface area contributed by atoms with Crippen LogP contribution in [0.5, 0.6) is 0 Å². The Hall–Kier alpha value is -3.83. The van der Waals surface area contributed by atoms with E-state index in [-0.39, 0.29) is 22.8 Å². The number of hydrogen-bond acceptors (Lipinski definition) is 9. The fourth-order valence-corrected chi connectivity index (χ4v) is 4.09. The summed E-state index contributed by atoms with van der Waals surface area (Å²) in [6.07, 6.45) is -6.59. The van der Waals surface area contributed by atoms with Crippen LogP contribution >= 0.6 is 0 Å². The number of carbonyl (C=O) groups is 1. The lowest BCUT2D eigenvalue weighted by Crippen LogP contribution is -2.60. The number of nitriles is 1. The molecule has 1 unspecified atom stereocenters. The number of fused-ring (bicyclic) bond motifs is 1. The van der Waals surface area contributed by atoms with Crippen molar-refractivity contribution in [2.45, 2.75) is 12.5 Å². The van der Waals surface area contributed by atoms with Crippen LogP contribution in [0.15, 0.2) is 33.9 Å². The summed E-state index contributed by atoms with van der Waals surface area (Å²) < 4.78 is 41.3. The summed E-state index contributed by atoms with van der Waals surface area (Å²) >= 11 is 0. The van der Waals surface area contributed by atoms with Crippen molar-refractivity contribution < 1.29 is 22.8 Å². The van der Waals surface area contributed by atoms with Gasteiger partial charge < -0.3 is 10.2 Å². The van der Waals surface area contributed by atoms with Crippen molar-refractivity contribution in [3.8, 4) is 6.07 Å². The molecule has 0 aliphatic carbocycles. The van der Waals surface area contributed by atoms with Crippen molar-refractivity contribution in [1.82, 2.24) is 19.4 Å². The maximum absolute atomic E-state index is 13.3. The second kappa shape index (κ2) is 8.50. The van der Waals surface area contributed by atoms with Crippen LogP contribution < -0.4 is 26.5 Å². The lowest BCUT2D eigenvalue weighted by molar-refractivity contribution is -0.203. The molecular weight excluding hydrogens is 459 g/mol. The lowest BCUT2D eigenvalue weighted by atomic mass is 10.1. The average molecular weight is 479 g/mol. The highest BCUT2D eigenvalue weighted by Crippen LogP contribution is 2.43. The number of rotatable bonds is 3. The van der Waals surface area contributed by atoms with E-state index < -0.39 is 29.7 Å². The van der Waals surface area contributed by atoms with Gasteiger partial charge in [-0.2, -0.15) is 18.4 Å². The van der Waals surface area contributed by atoms with Crippen molar-refractivity contribution in [2.75, 3.05) is 36.1 Å². The Bertz CT molecular complexity index is 1290. The Labute approximate surface area is 190 Å². The van der Waals surface area contributed by atoms with Gasteiger partial charge in [-0.3, -0.25) is 23.7 Å². The zero-order valence-corrected chi connectivity index (χ0v) is 18.2. The fourth-order valence-electron chi connectivity index (χ4n) is 4.09. The zero-order chi connectivity index (χ0) is 24.8. The van der Waals surface area contributed by atoms with Crippen LogP contribution in [-0.2, 0) is 23.7 Å². The highest BCUT2D eigenvalue weighted by molar-refractivity contribution is 5.84. The first kappa shape index (κ1) is 23.3. The zero-order valence-electron chi connectivity index (χ0n) is 18.2. The van der Waals surface area contributed by atoms with Gasteiger partial charge in [-0.05, 0) is 12.1 Å². The van der Waals surface area contributed by atoms with Crippen LogP contribution in [0, 0.1) is 11.3 Å². The molecule has 0 amide bonds. The Morgan fingerprint density at radius 3 is 2.41 bits per heavy atom. The van der Waals surface area contributed by atoms with Crippen LogP contribution in [0.2, 0.25) is 0 Å². The van der Waals surface area contributed by atoms with Crippen molar-refractivity contribution in [1.29, 1.82) is 5.26 Å². The number of aromatic nitrogens is 2. The molecule has 34 heavy (non-hydrogen) atoms. The number of anilines is 3. The fraction of sp³-hybridized carbons (Fsp3) is 0.400. The Morgan fingerprint density at radius 1 is 1.15 bits per heavy atom. The molecule has 1 aromatic carbocycles. The van der Waals surface area contributed by atoms with E-state index >= 15 is 0 Å². The van der Waals surface area contributed by atoms with Crippen LogP contribution in [0.25, 0.3) is 0 Å². The minimum atomic E-state index is -5.33. The number of benzene rings is 1. The predicted octanol–water partition coefficient (Wildman–Crippen LogP) is 0.123. The van der Waals surface area contributed by atoms with Gasteiger partial charge in [0.15, 0.2) is 11.5 Å². The Balaban J connectivity index is 2.03. The smallest absolute Gasteiger partial charge is 0.327 e. The van der Waals surface area contributed by atoms with E-state index in [1.807, 2.05) is 6.07 Å². The summed E-state index contributed by atoms with van der Waals surface area (Å²) in [6.45, 7) is 1.58. The normalized spacial score (nSPS) is 18.5. The minimum absolute atomic E-state index is 0.133. The molecule has 14 heteroatoms. The van der Waals surface area contributed by atoms with E-state index in [2.05, 4.69) is 5.32 Å². The van der Waals surface area contributed by atoms with E-state index in [1.54, 1.807) is 17.0 Å². The number of hydrogen-bond donors (Lipinski definition) is 1. The average Bonchev–Trinajstić information content (AvgIpc) is 3.15. The molecule has 0 spiro atoms. The van der Waals surface area contributed by atoms with Crippen LogP contribution in [0.4, 0.5) is 30.4 Å². The summed E-state index contributed by atoms with van der Waals surface area (Å²) in [4.78, 5) is 45.7. The van der Waals surface area contributed by atoms with Gasteiger partial charge in [-0.1, -0.05) is 12.1 Å². The maximum Gasteiger partial charge on any atom is 0.493 e. The molecule has 1 fully saturated rings. The van der Waals surface area contributed by atoms with Crippen molar-refractivity contribution in [3.05, 3.63) is 50.7 Å². The number of halogens is 3. The minimum Gasteiger partial charge on any atom is -0.327 e. The van der Waals surface area contributed by atoms with Gasteiger partial charge in [-0.25, -0.2) is 9.59 Å². The van der Waals surface area contributed by atoms with Gasteiger partial charge in [0, 0.05) is 40.3 Å². The first-order valence-corrected chi connectivity index (χ1v) is 10.2. The van der Waals surface area contributed by atoms with E-state index in [0.717, 1.165) is 9.13 Å². The molecule has 4 rings (SSSR count). The first-order valence-electron chi connectivity index (χ1n) is 10.2. The van der Waals surface area contributed by atoms with Gasteiger partial charge in [0.2, 0.25) is 6.29 Å². The monoisotopic (exact) mass is 479 g/mol. The standard InChI is InChI=1S/C20H20F3N7O4/c1-26-15-14(16(31)27(2)19(26)33)29(13-6-4-3-5-12(13)11-24)18(28-9-7-25-8-10-28)30(15)34-17(32)20(21,22)23/h3-6,18,25H,7-10H2,1-2H3. The molecule has 1 N–H and O–H groups in total. The van der Waals surface area contributed by atoms with Gasteiger partial charge in [-0.15, -0.1) is 5.06 Å². The van der Waals surface area contributed by atoms with E-state index in [1.165, 1.54) is 31.1 Å². The molecule has 2 aromatic rings. The van der Waals surface area contributed by atoms with Crippen molar-refractivity contribution in [3.63, 3.8) is 0 Å². The number of hydroxylamine groups is 1. The molecule has 1 aromatic heterocycles. The molecule has 3 heterocycles. The van der Waals surface area contributed by atoms with Crippen LogP contribution in [0.1, 0.15) is 5.56 Å². The molecule has 2 aliphatic rings. The van der Waals surface area contributed by atoms with Crippen LogP contribution in [0.3, 0.4) is 0 Å². The van der Waals surface area contributed by atoms with Crippen LogP contribution in [-0.4, -0.2) is 58.6 Å². The molecule has 180 valence electrons.